The standard InChI is InChI=1S/C32H32F2N4O3/c1-20-16-26(37-29(17-20)38-28-18-22(30(33)34)14-15-35-28)23-10-13-27(36-19-23)32(2,40)24-11-8-21(9-12-24)31(39)41-25-6-4-3-5-7-25/h3-7,10,13-19,21,24,30,40H,8-9,11-12H2,1-2H3,(H,35,37,38)/t21-,24-,32-/m1/s1. The van der Waals surface area contributed by atoms with Crippen LogP contribution in [0.25, 0.3) is 11.3 Å². The van der Waals surface area contributed by atoms with Gasteiger partial charge in [0.1, 0.15) is 23.0 Å². The molecule has 212 valence electrons. The van der Waals surface area contributed by atoms with Crippen LogP contribution in [0.5, 0.6) is 5.75 Å². The third kappa shape index (κ3) is 6.74. The molecule has 3 aromatic heterocycles. The number of alkyl halides is 2. The van der Waals surface area contributed by atoms with Crippen LogP contribution in [-0.4, -0.2) is 26.0 Å². The fourth-order valence-corrected chi connectivity index (χ4v) is 5.29. The van der Waals surface area contributed by atoms with Crippen molar-refractivity contribution in [1.82, 2.24) is 15.0 Å². The first kappa shape index (κ1) is 28.3. The molecular formula is C32H32F2N4O3. The first-order chi connectivity index (χ1) is 19.7. The van der Waals surface area contributed by atoms with E-state index in [1.54, 1.807) is 37.4 Å². The Labute approximate surface area is 237 Å². The molecular weight excluding hydrogens is 526 g/mol. The lowest BCUT2D eigenvalue weighted by Crippen LogP contribution is -2.37. The van der Waals surface area contributed by atoms with E-state index >= 15 is 0 Å². The number of benzene rings is 1. The van der Waals surface area contributed by atoms with E-state index in [0.717, 1.165) is 11.1 Å². The second-order valence-corrected chi connectivity index (χ2v) is 10.7. The average molecular weight is 559 g/mol. The van der Waals surface area contributed by atoms with Gasteiger partial charge in [0.05, 0.1) is 17.3 Å². The van der Waals surface area contributed by atoms with E-state index in [9.17, 15) is 18.7 Å². The van der Waals surface area contributed by atoms with Crippen LogP contribution >= 0.6 is 0 Å². The summed E-state index contributed by atoms with van der Waals surface area (Å²) in [5.74, 6) is 0.817. The Kier molecular flexibility index (Phi) is 8.35. The third-order valence-corrected chi connectivity index (χ3v) is 7.66. The van der Waals surface area contributed by atoms with Gasteiger partial charge in [-0.2, -0.15) is 0 Å². The van der Waals surface area contributed by atoms with E-state index in [-0.39, 0.29) is 29.2 Å². The number of nitrogens with one attached hydrogen (secondary N) is 1. The Hall–Kier alpha value is -4.24. The molecule has 1 aromatic carbocycles. The number of aromatic nitrogens is 3. The number of para-hydroxylation sites is 1. The maximum absolute atomic E-state index is 13.1. The largest absolute Gasteiger partial charge is 0.426 e. The van der Waals surface area contributed by atoms with E-state index in [4.69, 9.17) is 4.74 Å². The molecule has 1 atom stereocenters. The Balaban J connectivity index is 1.24. The molecule has 1 aliphatic carbocycles. The van der Waals surface area contributed by atoms with Crippen LogP contribution in [0, 0.1) is 18.8 Å². The normalized spacial score (nSPS) is 18.5. The number of rotatable bonds is 8. The van der Waals surface area contributed by atoms with E-state index in [1.165, 1.54) is 18.3 Å². The number of anilines is 2. The van der Waals surface area contributed by atoms with Crippen LogP contribution < -0.4 is 10.1 Å². The SMILES string of the molecule is Cc1cc(Nc2cc(C(F)F)ccn2)nc(-c2ccc([C@](C)(O)[C@H]3CC[C@H](C(=O)Oc4ccccc4)CC3)nc2)c1. The number of hydrogen-bond donors (Lipinski definition) is 2. The zero-order chi connectivity index (χ0) is 29.0. The number of aryl methyl sites for hydroxylation is 1. The molecule has 4 aromatic rings. The van der Waals surface area contributed by atoms with Gasteiger partial charge in [-0.25, -0.2) is 18.7 Å². The summed E-state index contributed by atoms with van der Waals surface area (Å²) in [7, 11) is 0. The highest BCUT2D eigenvalue weighted by molar-refractivity contribution is 5.75. The minimum atomic E-state index is -2.59. The van der Waals surface area contributed by atoms with Crippen LogP contribution in [0.1, 0.15) is 55.9 Å². The van der Waals surface area contributed by atoms with Crippen LogP contribution in [0.2, 0.25) is 0 Å². The highest BCUT2D eigenvalue weighted by Gasteiger charge is 2.39. The van der Waals surface area contributed by atoms with Gasteiger partial charge in [-0.1, -0.05) is 18.2 Å². The molecule has 5 rings (SSSR count). The molecule has 0 bridgehead atoms. The van der Waals surface area contributed by atoms with E-state index < -0.39 is 12.0 Å². The zero-order valence-electron chi connectivity index (χ0n) is 22.9. The molecule has 7 nitrogen and oxygen atoms in total. The number of hydrogen-bond acceptors (Lipinski definition) is 7. The summed E-state index contributed by atoms with van der Waals surface area (Å²) in [6.45, 7) is 3.69. The maximum atomic E-state index is 13.1. The molecule has 1 aliphatic rings. The van der Waals surface area contributed by atoms with Crippen molar-refractivity contribution >= 4 is 17.6 Å². The molecule has 9 heteroatoms. The lowest BCUT2D eigenvalue weighted by atomic mass is 9.73. The van der Waals surface area contributed by atoms with Crippen LogP contribution in [0.3, 0.4) is 0 Å². The molecule has 0 spiro atoms. The van der Waals surface area contributed by atoms with E-state index in [0.29, 0.717) is 48.6 Å². The summed E-state index contributed by atoms with van der Waals surface area (Å²) < 4.78 is 31.7. The minimum Gasteiger partial charge on any atom is -0.426 e. The second-order valence-electron chi connectivity index (χ2n) is 10.7. The number of ether oxygens (including phenoxy) is 1. The van der Waals surface area contributed by atoms with Crippen molar-refractivity contribution in [1.29, 1.82) is 0 Å². The van der Waals surface area contributed by atoms with Gasteiger partial charge in [0.2, 0.25) is 0 Å². The van der Waals surface area contributed by atoms with Gasteiger partial charge in [-0.3, -0.25) is 9.78 Å². The molecule has 1 fully saturated rings. The highest BCUT2D eigenvalue weighted by atomic mass is 19.3. The summed E-state index contributed by atoms with van der Waals surface area (Å²) in [5.41, 5.74) is 1.58. The van der Waals surface area contributed by atoms with Crippen LogP contribution in [-0.2, 0) is 10.4 Å². The molecule has 0 saturated heterocycles. The summed E-state index contributed by atoms with van der Waals surface area (Å²) in [6.07, 6.45) is 3.06. The van der Waals surface area contributed by atoms with Crippen molar-refractivity contribution in [2.24, 2.45) is 11.8 Å². The lowest BCUT2D eigenvalue weighted by molar-refractivity contribution is -0.141. The molecule has 3 heterocycles. The van der Waals surface area contributed by atoms with Gasteiger partial charge in [0, 0.05) is 23.5 Å². The summed E-state index contributed by atoms with van der Waals surface area (Å²) >= 11 is 0. The van der Waals surface area contributed by atoms with Crippen LogP contribution in [0.4, 0.5) is 20.4 Å². The molecule has 0 amide bonds. The summed E-state index contributed by atoms with van der Waals surface area (Å²) in [6, 6.07) is 19.0. The van der Waals surface area contributed by atoms with Crippen molar-refractivity contribution in [2.45, 2.75) is 51.6 Å². The van der Waals surface area contributed by atoms with Crippen LogP contribution in [0.15, 0.2) is 79.1 Å². The smallest absolute Gasteiger partial charge is 0.314 e. The van der Waals surface area contributed by atoms with Crippen molar-refractivity contribution in [2.75, 3.05) is 5.32 Å². The van der Waals surface area contributed by atoms with Gasteiger partial charge >= 0.3 is 5.97 Å². The molecule has 41 heavy (non-hydrogen) atoms. The van der Waals surface area contributed by atoms with Crippen molar-refractivity contribution in [3.8, 4) is 17.0 Å². The number of halogens is 2. The first-order valence-electron chi connectivity index (χ1n) is 13.6. The van der Waals surface area contributed by atoms with E-state index in [2.05, 4.69) is 20.3 Å². The van der Waals surface area contributed by atoms with Gasteiger partial charge < -0.3 is 15.2 Å². The third-order valence-electron chi connectivity index (χ3n) is 7.66. The molecule has 2 N–H and O–H groups in total. The molecule has 0 radical (unpaired) electrons. The number of carbonyl (C=O) groups is 1. The van der Waals surface area contributed by atoms with Crippen molar-refractivity contribution in [3.63, 3.8) is 0 Å². The first-order valence-corrected chi connectivity index (χ1v) is 13.6. The summed E-state index contributed by atoms with van der Waals surface area (Å²) in [5, 5.41) is 14.5. The van der Waals surface area contributed by atoms with Gasteiger partial charge in [-0.15, -0.1) is 0 Å². The molecule has 0 aliphatic heterocycles. The predicted octanol–water partition coefficient (Wildman–Crippen LogP) is 7.15. The minimum absolute atomic E-state index is 0.0500. The molecule has 1 saturated carbocycles. The van der Waals surface area contributed by atoms with Gasteiger partial charge in [0.15, 0.2) is 0 Å². The number of aliphatic hydroxyl groups is 1. The number of nitrogens with zero attached hydrogens (tertiary/aromatic N) is 3. The Morgan fingerprint density at radius 3 is 2.44 bits per heavy atom. The monoisotopic (exact) mass is 558 g/mol. The predicted molar refractivity (Wildman–Crippen MR) is 152 cm³/mol. The van der Waals surface area contributed by atoms with Crippen molar-refractivity contribution in [3.05, 3.63) is 95.9 Å². The summed E-state index contributed by atoms with van der Waals surface area (Å²) in [4.78, 5) is 25.9. The number of carbonyl (C=O) groups excluding carboxylic acids is 1. The fraction of sp³-hybridized carbons (Fsp3) is 0.312. The zero-order valence-corrected chi connectivity index (χ0v) is 22.9. The topological polar surface area (TPSA) is 97.2 Å². The Morgan fingerprint density at radius 1 is 1.00 bits per heavy atom. The van der Waals surface area contributed by atoms with Gasteiger partial charge in [-0.05, 0) is 99.5 Å². The lowest BCUT2D eigenvalue weighted by Gasteiger charge is -2.37. The van der Waals surface area contributed by atoms with Gasteiger partial charge in [0.25, 0.3) is 6.43 Å². The van der Waals surface area contributed by atoms with E-state index in [1.807, 2.05) is 37.3 Å². The van der Waals surface area contributed by atoms with Crippen molar-refractivity contribution < 1.29 is 23.4 Å². The average Bonchev–Trinajstić information content (AvgIpc) is 2.97. The second kappa shape index (κ2) is 12.1. The maximum Gasteiger partial charge on any atom is 0.314 e. The Morgan fingerprint density at radius 2 is 1.76 bits per heavy atom. The number of esters is 1. The fourth-order valence-electron chi connectivity index (χ4n) is 5.29. The molecule has 0 unspecified atom stereocenters. The highest BCUT2D eigenvalue weighted by Crippen LogP contribution is 2.41. The Bertz CT molecular complexity index is 1490. The number of pyridine rings is 3. The quantitative estimate of drug-likeness (QED) is 0.175.